The van der Waals surface area contributed by atoms with Gasteiger partial charge in [0.1, 0.15) is 5.54 Å². The van der Waals surface area contributed by atoms with Crippen molar-refractivity contribution in [3.05, 3.63) is 0 Å². The molecule has 0 bridgehead atoms. The van der Waals surface area contributed by atoms with Crippen molar-refractivity contribution in [3.8, 4) is 0 Å². The van der Waals surface area contributed by atoms with Crippen LogP contribution in [0.15, 0.2) is 0 Å². The number of carbonyl (C=O) groups is 1. The molecule has 0 radical (unpaired) electrons. The van der Waals surface area contributed by atoms with Crippen LogP contribution in [-0.4, -0.2) is 61.9 Å². The lowest BCUT2D eigenvalue weighted by Crippen LogP contribution is -2.54. The Balaban J connectivity index is 1.85. The Morgan fingerprint density at radius 1 is 1.50 bits per heavy atom. The SMILES string of the molecule is CCC1CN(CCC(C)(NC2CC2)C(=O)OC)CCO1. The molecule has 116 valence electrons. The molecule has 0 aromatic rings. The van der Waals surface area contributed by atoms with Crippen LogP contribution in [0.25, 0.3) is 0 Å². The van der Waals surface area contributed by atoms with E-state index in [0.717, 1.165) is 39.1 Å². The summed E-state index contributed by atoms with van der Waals surface area (Å²) in [6.07, 6.45) is 4.51. The van der Waals surface area contributed by atoms with Gasteiger partial charge in [0.25, 0.3) is 0 Å². The molecular formula is C15H28N2O3. The predicted molar refractivity (Wildman–Crippen MR) is 77.7 cm³/mol. The van der Waals surface area contributed by atoms with Crippen molar-refractivity contribution in [2.75, 3.05) is 33.4 Å². The van der Waals surface area contributed by atoms with Crippen LogP contribution in [0.1, 0.15) is 39.5 Å². The summed E-state index contributed by atoms with van der Waals surface area (Å²) < 4.78 is 10.7. The zero-order chi connectivity index (χ0) is 14.6. The summed E-state index contributed by atoms with van der Waals surface area (Å²) in [5.41, 5.74) is -0.560. The first kappa shape index (κ1) is 15.7. The zero-order valence-corrected chi connectivity index (χ0v) is 13.0. The number of ether oxygens (including phenoxy) is 2. The minimum Gasteiger partial charge on any atom is -0.468 e. The number of hydrogen-bond donors (Lipinski definition) is 1. The summed E-state index contributed by atoms with van der Waals surface area (Å²) in [6, 6.07) is 0.493. The average molecular weight is 284 g/mol. The quantitative estimate of drug-likeness (QED) is 0.711. The van der Waals surface area contributed by atoms with E-state index in [0.29, 0.717) is 12.1 Å². The molecule has 0 amide bonds. The molecule has 1 saturated carbocycles. The summed E-state index contributed by atoms with van der Waals surface area (Å²) in [7, 11) is 1.47. The first-order valence-corrected chi connectivity index (χ1v) is 7.77. The lowest BCUT2D eigenvalue weighted by molar-refractivity contribution is -0.148. The predicted octanol–water partition coefficient (Wildman–Crippen LogP) is 1.17. The van der Waals surface area contributed by atoms with Crippen LogP contribution < -0.4 is 5.32 Å². The van der Waals surface area contributed by atoms with Crippen molar-refractivity contribution in [2.24, 2.45) is 0 Å². The molecule has 0 spiro atoms. The molecule has 1 aliphatic carbocycles. The second kappa shape index (κ2) is 6.87. The standard InChI is InChI=1S/C15H28N2O3/c1-4-13-11-17(9-10-20-13)8-7-15(2,14(18)19-3)16-12-5-6-12/h12-13,16H,4-11H2,1-3H3. The van der Waals surface area contributed by atoms with Crippen molar-refractivity contribution in [1.29, 1.82) is 0 Å². The van der Waals surface area contributed by atoms with E-state index in [2.05, 4.69) is 17.1 Å². The highest BCUT2D eigenvalue weighted by atomic mass is 16.5. The van der Waals surface area contributed by atoms with Crippen LogP contribution in [0.4, 0.5) is 0 Å². The fourth-order valence-electron chi connectivity index (χ4n) is 2.75. The molecule has 2 fully saturated rings. The van der Waals surface area contributed by atoms with Gasteiger partial charge in [0.2, 0.25) is 0 Å². The highest BCUT2D eigenvalue weighted by Crippen LogP contribution is 2.25. The van der Waals surface area contributed by atoms with Gasteiger partial charge in [0.05, 0.1) is 19.8 Å². The van der Waals surface area contributed by atoms with Crippen LogP contribution in [0.2, 0.25) is 0 Å². The van der Waals surface area contributed by atoms with Gasteiger partial charge in [-0.15, -0.1) is 0 Å². The minimum absolute atomic E-state index is 0.148. The first-order chi connectivity index (χ1) is 9.57. The van der Waals surface area contributed by atoms with E-state index in [4.69, 9.17) is 9.47 Å². The third kappa shape index (κ3) is 4.17. The number of methoxy groups -OCH3 is 1. The fourth-order valence-corrected chi connectivity index (χ4v) is 2.75. The molecule has 20 heavy (non-hydrogen) atoms. The fraction of sp³-hybridized carbons (Fsp3) is 0.933. The topological polar surface area (TPSA) is 50.8 Å². The lowest BCUT2D eigenvalue weighted by Gasteiger charge is -2.35. The molecular weight excluding hydrogens is 256 g/mol. The Labute approximate surface area is 122 Å². The Morgan fingerprint density at radius 2 is 2.25 bits per heavy atom. The van der Waals surface area contributed by atoms with E-state index >= 15 is 0 Å². The van der Waals surface area contributed by atoms with E-state index in [9.17, 15) is 4.79 Å². The molecule has 1 N–H and O–H groups in total. The van der Waals surface area contributed by atoms with Crippen molar-refractivity contribution < 1.29 is 14.3 Å². The van der Waals surface area contributed by atoms with Gasteiger partial charge in [-0.3, -0.25) is 15.0 Å². The normalized spacial score (nSPS) is 27.1. The molecule has 2 atom stereocenters. The maximum absolute atomic E-state index is 12.1. The van der Waals surface area contributed by atoms with Crippen molar-refractivity contribution in [2.45, 2.75) is 57.2 Å². The number of nitrogens with zero attached hydrogens (tertiary/aromatic N) is 1. The maximum Gasteiger partial charge on any atom is 0.325 e. The Hall–Kier alpha value is -0.650. The van der Waals surface area contributed by atoms with Crippen molar-refractivity contribution in [1.82, 2.24) is 10.2 Å². The van der Waals surface area contributed by atoms with Crippen molar-refractivity contribution in [3.63, 3.8) is 0 Å². The Morgan fingerprint density at radius 3 is 2.85 bits per heavy atom. The van der Waals surface area contributed by atoms with Crippen LogP contribution in [0.5, 0.6) is 0 Å². The Bertz CT molecular complexity index is 333. The van der Waals surface area contributed by atoms with Crippen LogP contribution in [0.3, 0.4) is 0 Å². The number of carbonyl (C=O) groups excluding carboxylic acids is 1. The molecule has 5 heteroatoms. The van der Waals surface area contributed by atoms with Gasteiger partial charge >= 0.3 is 5.97 Å². The van der Waals surface area contributed by atoms with E-state index < -0.39 is 5.54 Å². The highest BCUT2D eigenvalue weighted by Gasteiger charge is 2.39. The summed E-state index contributed by atoms with van der Waals surface area (Å²) >= 11 is 0. The van der Waals surface area contributed by atoms with E-state index in [1.165, 1.54) is 20.0 Å². The van der Waals surface area contributed by atoms with Gasteiger partial charge in [-0.05, 0) is 32.6 Å². The van der Waals surface area contributed by atoms with Gasteiger partial charge in [-0.2, -0.15) is 0 Å². The van der Waals surface area contributed by atoms with E-state index in [-0.39, 0.29) is 5.97 Å². The van der Waals surface area contributed by atoms with Crippen LogP contribution in [0, 0.1) is 0 Å². The average Bonchev–Trinajstić information content (AvgIpc) is 3.28. The number of rotatable bonds is 7. The molecule has 2 unspecified atom stereocenters. The summed E-state index contributed by atoms with van der Waals surface area (Å²) in [5, 5.41) is 3.45. The maximum atomic E-state index is 12.1. The summed E-state index contributed by atoms with van der Waals surface area (Å²) in [5.74, 6) is -0.148. The molecule has 2 rings (SSSR count). The molecule has 2 aliphatic rings. The van der Waals surface area contributed by atoms with Crippen molar-refractivity contribution >= 4 is 5.97 Å². The zero-order valence-electron chi connectivity index (χ0n) is 13.0. The number of hydrogen-bond acceptors (Lipinski definition) is 5. The second-order valence-electron chi connectivity index (χ2n) is 6.19. The molecule has 1 heterocycles. The number of esters is 1. The molecule has 5 nitrogen and oxygen atoms in total. The Kier molecular flexibility index (Phi) is 5.41. The lowest BCUT2D eigenvalue weighted by atomic mass is 9.97. The molecule has 0 aromatic carbocycles. The first-order valence-electron chi connectivity index (χ1n) is 7.77. The number of nitrogens with one attached hydrogen (secondary N) is 1. The number of morpholine rings is 1. The minimum atomic E-state index is -0.560. The van der Waals surface area contributed by atoms with Crippen LogP contribution in [-0.2, 0) is 14.3 Å². The third-order valence-corrected chi connectivity index (χ3v) is 4.34. The van der Waals surface area contributed by atoms with E-state index in [1.807, 2.05) is 6.92 Å². The van der Waals surface area contributed by atoms with E-state index in [1.54, 1.807) is 0 Å². The smallest absolute Gasteiger partial charge is 0.325 e. The summed E-state index contributed by atoms with van der Waals surface area (Å²) in [4.78, 5) is 14.5. The second-order valence-corrected chi connectivity index (χ2v) is 6.19. The highest BCUT2D eigenvalue weighted by molar-refractivity contribution is 5.80. The third-order valence-electron chi connectivity index (χ3n) is 4.34. The largest absolute Gasteiger partial charge is 0.468 e. The molecule has 1 aliphatic heterocycles. The van der Waals surface area contributed by atoms with Gasteiger partial charge in [0.15, 0.2) is 0 Å². The van der Waals surface area contributed by atoms with Gasteiger partial charge < -0.3 is 9.47 Å². The molecule has 1 saturated heterocycles. The summed E-state index contributed by atoms with van der Waals surface area (Å²) in [6.45, 7) is 7.75. The monoisotopic (exact) mass is 284 g/mol. The van der Waals surface area contributed by atoms with Gasteiger partial charge in [-0.25, -0.2) is 0 Å². The van der Waals surface area contributed by atoms with Gasteiger partial charge in [-0.1, -0.05) is 6.92 Å². The van der Waals surface area contributed by atoms with Crippen LogP contribution >= 0.6 is 0 Å². The molecule has 0 aromatic heterocycles. The van der Waals surface area contributed by atoms with Gasteiger partial charge in [0, 0.05) is 25.7 Å².